The van der Waals surface area contributed by atoms with Crippen LogP contribution < -0.4 is 10.9 Å². The molecule has 0 aliphatic carbocycles. The van der Waals surface area contributed by atoms with Crippen LogP contribution in [-0.4, -0.2) is 51.8 Å². The van der Waals surface area contributed by atoms with E-state index >= 15 is 0 Å². The van der Waals surface area contributed by atoms with Crippen molar-refractivity contribution in [1.82, 2.24) is 25.0 Å². The summed E-state index contributed by atoms with van der Waals surface area (Å²) in [6.45, 7) is 8.38. The zero-order valence-corrected chi connectivity index (χ0v) is 19.5. The van der Waals surface area contributed by atoms with Gasteiger partial charge in [-0.1, -0.05) is 38.1 Å². The molecular weight excluding hydrogens is 414 g/mol. The van der Waals surface area contributed by atoms with E-state index in [1.54, 1.807) is 18.5 Å². The number of fused-ring (bicyclic) bond motifs is 1. The molecule has 3 heterocycles. The maximum absolute atomic E-state index is 13.0. The van der Waals surface area contributed by atoms with E-state index in [0.29, 0.717) is 18.4 Å². The number of rotatable bonds is 8. The Hall–Kier alpha value is -3.06. The number of carbonyl (C=O) groups excluding carboxylic acids is 1. The summed E-state index contributed by atoms with van der Waals surface area (Å²) in [5.74, 6) is 1.28. The largest absolute Gasteiger partial charge is 0.354 e. The van der Waals surface area contributed by atoms with Crippen LogP contribution in [0.1, 0.15) is 37.9 Å². The molecular formula is C26H33N5O2. The quantitative estimate of drug-likeness (QED) is 0.537. The van der Waals surface area contributed by atoms with E-state index in [0.717, 1.165) is 54.5 Å². The van der Waals surface area contributed by atoms with E-state index < -0.39 is 0 Å². The normalized spacial score (nSPS) is 19.0. The molecule has 1 aromatic carbocycles. The number of hydrogen-bond acceptors (Lipinski definition) is 5. The number of benzene rings is 1. The summed E-state index contributed by atoms with van der Waals surface area (Å²) >= 11 is 0. The second-order valence-electron chi connectivity index (χ2n) is 9.40. The lowest BCUT2D eigenvalue weighted by atomic mass is 9.92. The molecule has 1 aliphatic heterocycles. The molecule has 0 radical (unpaired) electrons. The summed E-state index contributed by atoms with van der Waals surface area (Å²) in [5.41, 5.74) is 1.53. The Balaban J connectivity index is 1.40. The molecule has 0 bridgehead atoms. The second-order valence-corrected chi connectivity index (χ2v) is 9.40. The highest BCUT2D eigenvalue weighted by Crippen LogP contribution is 2.20. The van der Waals surface area contributed by atoms with Crippen LogP contribution in [0.15, 0.2) is 53.6 Å². The Labute approximate surface area is 194 Å². The zero-order chi connectivity index (χ0) is 23.2. The Morgan fingerprint density at radius 2 is 1.85 bits per heavy atom. The molecule has 4 rings (SSSR count). The molecule has 1 saturated heterocycles. The molecule has 1 amide bonds. The molecule has 0 spiro atoms. The molecule has 2 unspecified atom stereocenters. The summed E-state index contributed by atoms with van der Waals surface area (Å²) < 4.78 is 1.29. The number of piperidine rings is 1. The molecule has 0 saturated carbocycles. The Morgan fingerprint density at radius 1 is 1.09 bits per heavy atom. The average Bonchev–Trinajstić information content (AvgIpc) is 2.80. The molecule has 1 aliphatic rings. The SMILES string of the molecule is CC1CC(C)CN(CCCNC(=O)Cn2nc(Cc3cccnc3)c3ccccc3c2=O)C1. The van der Waals surface area contributed by atoms with Crippen LogP contribution in [0.3, 0.4) is 0 Å². The van der Waals surface area contributed by atoms with Crippen molar-refractivity contribution >= 4 is 16.7 Å². The number of aromatic nitrogens is 3. The number of nitrogens with one attached hydrogen (secondary N) is 1. The first-order valence-electron chi connectivity index (χ1n) is 11.9. The second kappa shape index (κ2) is 10.7. The summed E-state index contributed by atoms with van der Waals surface area (Å²) in [7, 11) is 0. The van der Waals surface area contributed by atoms with Crippen molar-refractivity contribution < 1.29 is 4.79 Å². The van der Waals surface area contributed by atoms with Gasteiger partial charge in [-0.3, -0.25) is 14.6 Å². The highest BCUT2D eigenvalue weighted by Gasteiger charge is 2.21. The van der Waals surface area contributed by atoms with Gasteiger partial charge in [0.2, 0.25) is 5.91 Å². The van der Waals surface area contributed by atoms with E-state index in [9.17, 15) is 9.59 Å². The van der Waals surface area contributed by atoms with Gasteiger partial charge >= 0.3 is 0 Å². The van der Waals surface area contributed by atoms with Crippen molar-refractivity contribution in [3.8, 4) is 0 Å². The minimum Gasteiger partial charge on any atom is -0.354 e. The lowest BCUT2D eigenvalue weighted by molar-refractivity contribution is -0.121. The fraction of sp³-hybridized carbons (Fsp3) is 0.462. The van der Waals surface area contributed by atoms with Gasteiger partial charge < -0.3 is 10.2 Å². The first-order valence-corrected chi connectivity index (χ1v) is 11.9. The minimum atomic E-state index is -0.244. The summed E-state index contributed by atoms with van der Waals surface area (Å²) in [6, 6.07) is 11.3. The third-order valence-corrected chi connectivity index (χ3v) is 6.25. The van der Waals surface area contributed by atoms with Gasteiger partial charge in [-0.05, 0) is 48.9 Å². The Morgan fingerprint density at radius 3 is 2.58 bits per heavy atom. The molecule has 7 nitrogen and oxygen atoms in total. The van der Waals surface area contributed by atoms with Crippen LogP contribution in [0.4, 0.5) is 0 Å². The highest BCUT2D eigenvalue weighted by molar-refractivity contribution is 5.84. The number of amides is 1. The highest BCUT2D eigenvalue weighted by atomic mass is 16.2. The molecule has 7 heteroatoms. The van der Waals surface area contributed by atoms with Crippen molar-refractivity contribution in [3.05, 3.63) is 70.4 Å². The van der Waals surface area contributed by atoms with Crippen LogP contribution in [-0.2, 0) is 17.8 Å². The summed E-state index contributed by atoms with van der Waals surface area (Å²) in [5, 5.41) is 8.91. The topological polar surface area (TPSA) is 80.1 Å². The Kier molecular flexibility index (Phi) is 7.50. The average molecular weight is 448 g/mol. The Bertz CT molecular complexity index is 1130. The van der Waals surface area contributed by atoms with Gasteiger partial charge in [-0.25, -0.2) is 4.68 Å². The maximum atomic E-state index is 13.0. The molecule has 3 aromatic rings. The fourth-order valence-electron chi connectivity index (χ4n) is 4.94. The smallest absolute Gasteiger partial charge is 0.275 e. The molecule has 2 aromatic heterocycles. The van der Waals surface area contributed by atoms with Gasteiger partial charge in [-0.15, -0.1) is 0 Å². The lowest BCUT2D eigenvalue weighted by Crippen LogP contribution is -2.40. The molecule has 174 valence electrons. The van der Waals surface area contributed by atoms with Crippen LogP contribution in [0.5, 0.6) is 0 Å². The number of carbonyl (C=O) groups is 1. The zero-order valence-electron chi connectivity index (χ0n) is 19.5. The molecule has 2 atom stereocenters. The first kappa shape index (κ1) is 23.1. The van der Waals surface area contributed by atoms with Crippen LogP contribution in [0, 0.1) is 11.8 Å². The molecule has 1 fully saturated rings. The predicted octanol–water partition coefficient (Wildman–Crippen LogP) is 2.87. The van der Waals surface area contributed by atoms with Gasteiger partial charge in [-0.2, -0.15) is 5.10 Å². The van der Waals surface area contributed by atoms with Crippen molar-refractivity contribution in [1.29, 1.82) is 0 Å². The van der Waals surface area contributed by atoms with Gasteiger partial charge in [0.05, 0.1) is 11.1 Å². The van der Waals surface area contributed by atoms with Crippen molar-refractivity contribution in [3.63, 3.8) is 0 Å². The van der Waals surface area contributed by atoms with Crippen LogP contribution in [0.25, 0.3) is 10.8 Å². The maximum Gasteiger partial charge on any atom is 0.275 e. The van der Waals surface area contributed by atoms with Crippen molar-refractivity contribution in [2.24, 2.45) is 11.8 Å². The summed E-state index contributed by atoms with van der Waals surface area (Å²) in [4.78, 5) is 32.2. The van der Waals surface area contributed by atoms with E-state index in [4.69, 9.17) is 0 Å². The summed E-state index contributed by atoms with van der Waals surface area (Å²) in [6.07, 6.45) is 6.26. The third-order valence-electron chi connectivity index (χ3n) is 6.25. The van der Waals surface area contributed by atoms with E-state index in [1.807, 2.05) is 30.3 Å². The van der Waals surface area contributed by atoms with Gasteiger partial charge in [0, 0.05) is 43.8 Å². The van der Waals surface area contributed by atoms with Crippen LogP contribution in [0.2, 0.25) is 0 Å². The van der Waals surface area contributed by atoms with Crippen molar-refractivity contribution in [2.75, 3.05) is 26.2 Å². The monoisotopic (exact) mass is 447 g/mol. The van der Waals surface area contributed by atoms with Gasteiger partial charge in [0.1, 0.15) is 6.54 Å². The number of nitrogens with zero attached hydrogens (tertiary/aromatic N) is 4. The first-order chi connectivity index (χ1) is 16.0. The van der Waals surface area contributed by atoms with E-state index in [2.05, 4.69) is 34.1 Å². The number of hydrogen-bond donors (Lipinski definition) is 1. The van der Waals surface area contributed by atoms with Gasteiger partial charge in [0.15, 0.2) is 0 Å². The van der Waals surface area contributed by atoms with Gasteiger partial charge in [0.25, 0.3) is 5.56 Å². The fourth-order valence-corrected chi connectivity index (χ4v) is 4.94. The third kappa shape index (κ3) is 6.05. The molecule has 1 N–H and O–H groups in total. The van der Waals surface area contributed by atoms with Crippen LogP contribution >= 0.6 is 0 Å². The minimum absolute atomic E-state index is 0.0819. The van der Waals surface area contributed by atoms with Crippen molar-refractivity contribution in [2.45, 2.75) is 39.7 Å². The number of pyridine rings is 1. The number of likely N-dealkylation sites (tertiary alicyclic amines) is 1. The van der Waals surface area contributed by atoms with E-state index in [1.165, 1.54) is 11.1 Å². The predicted molar refractivity (Wildman–Crippen MR) is 130 cm³/mol. The lowest BCUT2D eigenvalue weighted by Gasteiger charge is -2.34. The van der Waals surface area contributed by atoms with E-state index in [-0.39, 0.29) is 18.0 Å². The standard InChI is InChI=1S/C26H33N5O2/c1-19-13-20(2)17-30(16-19)12-6-11-28-25(32)18-31-26(33)23-9-4-3-8-22(23)24(29-31)14-21-7-5-10-27-15-21/h3-5,7-10,15,19-20H,6,11-14,16-18H2,1-2H3,(H,28,32). The molecule has 33 heavy (non-hydrogen) atoms.